The van der Waals surface area contributed by atoms with E-state index in [1.54, 1.807) is 0 Å². The third-order valence-electron chi connectivity index (χ3n) is 3.14. The predicted octanol–water partition coefficient (Wildman–Crippen LogP) is 1.90. The fourth-order valence-electron chi connectivity index (χ4n) is 2.11. The van der Waals surface area contributed by atoms with Crippen LogP contribution < -0.4 is 5.73 Å². The lowest BCUT2D eigenvalue weighted by Gasteiger charge is -2.17. The highest BCUT2D eigenvalue weighted by Gasteiger charge is 2.25. The Hall–Kier alpha value is -1.06. The summed E-state index contributed by atoms with van der Waals surface area (Å²) in [5.74, 6) is 0.120. The van der Waals surface area contributed by atoms with E-state index in [9.17, 15) is 4.79 Å². The Bertz CT molecular complexity index is 420. The molecule has 1 fully saturated rings. The Kier molecular flexibility index (Phi) is 4.54. The first-order chi connectivity index (χ1) is 7.58. The van der Waals surface area contributed by atoms with E-state index in [0.717, 1.165) is 29.7 Å². The molecule has 0 unspecified atom stereocenters. The van der Waals surface area contributed by atoms with Gasteiger partial charge in [-0.15, -0.1) is 12.4 Å². The first kappa shape index (κ1) is 14.0. The molecule has 17 heavy (non-hydrogen) atoms. The number of rotatable bonds is 1. The number of hydrogen-bond donors (Lipinski definition) is 1. The lowest BCUT2D eigenvalue weighted by atomic mass is 10.0. The topological polar surface area (TPSA) is 46.3 Å². The van der Waals surface area contributed by atoms with Crippen LogP contribution in [0.2, 0.25) is 0 Å². The second-order valence-corrected chi connectivity index (χ2v) is 4.62. The lowest BCUT2D eigenvalue weighted by molar-refractivity contribution is 0.0790. The summed E-state index contributed by atoms with van der Waals surface area (Å²) in [5.41, 5.74) is 8.79. The van der Waals surface area contributed by atoms with Crippen molar-refractivity contribution in [3.05, 3.63) is 34.9 Å². The van der Waals surface area contributed by atoms with Gasteiger partial charge in [0.15, 0.2) is 0 Å². The van der Waals surface area contributed by atoms with Crippen LogP contribution in [0.4, 0.5) is 0 Å². The standard InChI is InChI=1S/C13H18N2O.ClH/c1-9-3-4-10(2)12(7-9)13(16)15-6-5-11(14)8-15;/h3-4,7,11H,5-6,8,14H2,1-2H3;1H/t11-;/m1./s1. The molecule has 1 aliphatic heterocycles. The normalized spacial score (nSPS) is 19.0. The van der Waals surface area contributed by atoms with Gasteiger partial charge in [0.05, 0.1) is 0 Å². The van der Waals surface area contributed by atoms with Crippen LogP contribution in [0.5, 0.6) is 0 Å². The van der Waals surface area contributed by atoms with Gasteiger partial charge in [0, 0.05) is 24.7 Å². The maximum atomic E-state index is 12.2. The van der Waals surface area contributed by atoms with Gasteiger partial charge in [-0.05, 0) is 31.9 Å². The number of nitrogens with two attached hydrogens (primary N) is 1. The number of likely N-dealkylation sites (tertiary alicyclic amines) is 1. The molecule has 0 spiro atoms. The minimum atomic E-state index is 0. The SMILES string of the molecule is Cc1ccc(C)c(C(=O)N2CC[C@@H](N)C2)c1.Cl. The molecule has 1 aliphatic rings. The molecule has 0 aromatic heterocycles. The average Bonchev–Trinajstić information content (AvgIpc) is 2.67. The summed E-state index contributed by atoms with van der Waals surface area (Å²) in [7, 11) is 0. The van der Waals surface area contributed by atoms with Crippen LogP contribution in [-0.4, -0.2) is 29.9 Å². The molecule has 1 saturated heterocycles. The zero-order valence-electron chi connectivity index (χ0n) is 10.3. The molecular formula is C13H19ClN2O. The Morgan fingerprint density at radius 2 is 2.12 bits per heavy atom. The minimum absolute atomic E-state index is 0. The van der Waals surface area contributed by atoms with Crippen molar-refractivity contribution >= 4 is 18.3 Å². The lowest BCUT2D eigenvalue weighted by Crippen LogP contribution is -2.32. The van der Waals surface area contributed by atoms with Gasteiger partial charge in [-0.1, -0.05) is 17.7 Å². The van der Waals surface area contributed by atoms with Gasteiger partial charge in [-0.2, -0.15) is 0 Å². The minimum Gasteiger partial charge on any atom is -0.337 e. The van der Waals surface area contributed by atoms with Gasteiger partial charge in [-0.25, -0.2) is 0 Å². The molecule has 1 amide bonds. The summed E-state index contributed by atoms with van der Waals surface area (Å²) in [6.07, 6.45) is 0.913. The van der Waals surface area contributed by atoms with Gasteiger partial charge < -0.3 is 10.6 Å². The number of nitrogens with zero attached hydrogens (tertiary/aromatic N) is 1. The van der Waals surface area contributed by atoms with Crippen LogP contribution in [0.1, 0.15) is 27.9 Å². The van der Waals surface area contributed by atoms with E-state index in [4.69, 9.17) is 5.73 Å². The van der Waals surface area contributed by atoms with Crippen LogP contribution in [0.3, 0.4) is 0 Å². The largest absolute Gasteiger partial charge is 0.337 e. The molecule has 0 aliphatic carbocycles. The average molecular weight is 255 g/mol. The highest BCUT2D eigenvalue weighted by molar-refractivity contribution is 5.96. The molecule has 2 rings (SSSR count). The number of carbonyl (C=O) groups excluding carboxylic acids is 1. The summed E-state index contributed by atoms with van der Waals surface area (Å²) in [6.45, 7) is 5.45. The number of amides is 1. The van der Waals surface area contributed by atoms with Crippen molar-refractivity contribution < 1.29 is 4.79 Å². The first-order valence-corrected chi connectivity index (χ1v) is 5.70. The Labute approximate surface area is 108 Å². The maximum absolute atomic E-state index is 12.2. The number of halogens is 1. The highest BCUT2D eigenvalue weighted by Crippen LogP contribution is 2.16. The van der Waals surface area contributed by atoms with Crippen molar-refractivity contribution in [1.82, 2.24) is 4.90 Å². The smallest absolute Gasteiger partial charge is 0.254 e. The maximum Gasteiger partial charge on any atom is 0.254 e. The highest BCUT2D eigenvalue weighted by atomic mass is 35.5. The van der Waals surface area contributed by atoms with Gasteiger partial charge in [0.2, 0.25) is 0 Å². The van der Waals surface area contributed by atoms with E-state index >= 15 is 0 Å². The molecule has 3 nitrogen and oxygen atoms in total. The molecule has 2 N–H and O–H groups in total. The van der Waals surface area contributed by atoms with Crippen LogP contribution in [-0.2, 0) is 0 Å². The molecule has 94 valence electrons. The quantitative estimate of drug-likeness (QED) is 0.832. The predicted molar refractivity (Wildman–Crippen MR) is 71.7 cm³/mol. The van der Waals surface area contributed by atoms with Crippen molar-refractivity contribution in [2.45, 2.75) is 26.3 Å². The van der Waals surface area contributed by atoms with Crippen molar-refractivity contribution in [3.8, 4) is 0 Å². The summed E-state index contributed by atoms with van der Waals surface area (Å²) in [5, 5.41) is 0. The number of aryl methyl sites for hydroxylation is 2. The number of benzene rings is 1. The number of carbonyl (C=O) groups is 1. The summed E-state index contributed by atoms with van der Waals surface area (Å²) in [4.78, 5) is 14.1. The van der Waals surface area contributed by atoms with Gasteiger partial charge in [-0.3, -0.25) is 4.79 Å². The molecule has 1 aromatic carbocycles. The molecule has 4 heteroatoms. The Morgan fingerprint density at radius 3 is 2.71 bits per heavy atom. The van der Waals surface area contributed by atoms with Crippen molar-refractivity contribution in [3.63, 3.8) is 0 Å². The van der Waals surface area contributed by atoms with E-state index in [1.807, 2.05) is 36.9 Å². The summed E-state index contributed by atoms with van der Waals surface area (Å²) < 4.78 is 0. The van der Waals surface area contributed by atoms with Gasteiger partial charge in [0.1, 0.15) is 0 Å². The summed E-state index contributed by atoms with van der Waals surface area (Å²) in [6, 6.07) is 6.14. The zero-order chi connectivity index (χ0) is 11.7. The molecule has 0 bridgehead atoms. The molecule has 1 heterocycles. The van der Waals surface area contributed by atoms with Crippen LogP contribution in [0.15, 0.2) is 18.2 Å². The van der Waals surface area contributed by atoms with Crippen molar-refractivity contribution in [1.29, 1.82) is 0 Å². The Morgan fingerprint density at radius 1 is 1.41 bits per heavy atom. The molecule has 0 saturated carbocycles. The van der Waals surface area contributed by atoms with Gasteiger partial charge >= 0.3 is 0 Å². The Balaban J connectivity index is 0.00000144. The molecular weight excluding hydrogens is 236 g/mol. The second-order valence-electron chi connectivity index (χ2n) is 4.62. The van der Waals surface area contributed by atoms with E-state index in [1.165, 1.54) is 0 Å². The van der Waals surface area contributed by atoms with E-state index in [0.29, 0.717) is 6.54 Å². The van der Waals surface area contributed by atoms with Crippen molar-refractivity contribution in [2.24, 2.45) is 5.73 Å². The van der Waals surface area contributed by atoms with Crippen molar-refractivity contribution in [2.75, 3.05) is 13.1 Å². The fourth-order valence-corrected chi connectivity index (χ4v) is 2.11. The molecule has 1 atom stereocenters. The molecule has 0 radical (unpaired) electrons. The van der Waals surface area contributed by atoms with Gasteiger partial charge in [0.25, 0.3) is 5.91 Å². The summed E-state index contributed by atoms with van der Waals surface area (Å²) >= 11 is 0. The third-order valence-corrected chi connectivity index (χ3v) is 3.14. The zero-order valence-corrected chi connectivity index (χ0v) is 11.1. The molecule has 1 aromatic rings. The van der Waals surface area contributed by atoms with Crippen LogP contribution >= 0.6 is 12.4 Å². The van der Waals surface area contributed by atoms with E-state index in [2.05, 4.69) is 0 Å². The second kappa shape index (κ2) is 5.52. The van der Waals surface area contributed by atoms with E-state index < -0.39 is 0 Å². The van der Waals surface area contributed by atoms with Crippen LogP contribution in [0.25, 0.3) is 0 Å². The fraction of sp³-hybridized carbons (Fsp3) is 0.462. The number of hydrogen-bond acceptors (Lipinski definition) is 2. The first-order valence-electron chi connectivity index (χ1n) is 5.70. The van der Waals surface area contributed by atoms with Crippen LogP contribution in [0, 0.1) is 13.8 Å². The third kappa shape index (κ3) is 2.99. The monoisotopic (exact) mass is 254 g/mol. The van der Waals surface area contributed by atoms with E-state index in [-0.39, 0.29) is 24.4 Å².